The molecule has 0 radical (unpaired) electrons. The highest BCUT2D eigenvalue weighted by atomic mass is 19.4. The summed E-state index contributed by atoms with van der Waals surface area (Å²) in [6.45, 7) is 1.11. The number of carboxylic acid groups (broad SMARTS) is 1. The molecule has 6 heteroatoms. The van der Waals surface area contributed by atoms with Gasteiger partial charge in [0.25, 0.3) is 0 Å². The van der Waals surface area contributed by atoms with Crippen molar-refractivity contribution in [1.29, 1.82) is 0 Å². The van der Waals surface area contributed by atoms with Gasteiger partial charge in [-0.1, -0.05) is 0 Å². The van der Waals surface area contributed by atoms with Gasteiger partial charge in [-0.25, -0.2) is 0 Å². The molecule has 94 valence electrons. The first-order chi connectivity index (χ1) is 7.37. The van der Waals surface area contributed by atoms with Gasteiger partial charge in [-0.3, -0.25) is 4.79 Å². The number of hydrogen-bond donors (Lipinski definition) is 1. The highest BCUT2D eigenvalue weighted by molar-refractivity contribution is 5.67. The number of hydrogen-bond acceptors (Lipinski definition) is 2. The van der Waals surface area contributed by atoms with E-state index in [1.165, 1.54) is 0 Å². The summed E-state index contributed by atoms with van der Waals surface area (Å²) in [5.74, 6) is -0.873. The molecule has 1 heterocycles. The molecule has 0 bridgehead atoms. The minimum Gasteiger partial charge on any atom is -0.481 e. The number of carboxylic acids is 1. The molecule has 1 unspecified atom stereocenters. The fraction of sp³-hybridized carbons (Fsp3) is 0.900. The zero-order valence-corrected chi connectivity index (χ0v) is 8.96. The number of aliphatic carboxylic acids is 1. The lowest BCUT2D eigenvalue weighted by Crippen LogP contribution is -2.38. The molecule has 1 aliphatic heterocycles. The fourth-order valence-corrected chi connectivity index (χ4v) is 2.05. The molecule has 1 aliphatic rings. The van der Waals surface area contributed by atoms with Crippen LogP contribution in [0.1, 0.15) is 25.7 Å². The number of halogens is 3. The van der Waals surface area contributed by atoms with Crippen molar-refractivity contribution in [3.05, 3.63) is 0 Å². The van der Waals surface area contributed by atoms with Gasteiger partial charge in [-0.15, -0.1) is 0 Å². The third-order valence-electron chi connectivity index (χ3n) is 2.78. The van der Waals surface area contributed by atoms with E-state index in [4.69, 9.17) is 5.11 Å². The largest absolute Gasteiger partial charge is 0.481 e. The van der Waals surface area contributed by atoms with Crippen molar-refractivity contribution in [1.82, 2.24) is 4.90 Å². The van der Waals surface area contributed by atoms with E-state index in [-0.39, 0.29) is 18.9 Å². The van der Waals surface area contributed by atoms with Crippen LogP contribution in [0, 0.1) is 5.92 Å². The summed E-state index contributed by atoms with van der Waals surface area (Å²) in [5.41, 5.74) is 0. The Balaban J connectivity index is 2.30. The lowest BCUT2D eigenvalue weighted by molar-refractivity contribution is -0.142. The molecule has 1 atom stereocenters. The second kappa shape index (κ2) is 5.52. The summed E-state index contributed by atoms with van der Waals surface area (Å²) < 4.78 is 36.0. The van der Waals surface area contributed by atoms with Crippen molar-refractivity contribution >= 4 is 5.97 Å². The van der Waals surface area contributed by atoms with Crippen LogP contribution in [0.25, 0.3) is 0 Å². The molecule has 1 fully saturated rings. The zero-order chi connectivity index (χ0) is 12.2. The zero-order valence-electron chi connectivity index (χ0n) is 8.96. The van der Waals surface area contributed by atoms with Crippen LogP contribution in [0.4, 0.5) is 13.2 Å². The van der Waals surface area contributed by atoms with Crippen LogP contribution in [-0.4, -0.2) is 41.8 Å². The van der Waals surface area contributed by atoms with Crippen LogP contribution >= 0.6 is 0 Å². The molecular formula is C10H16F3NO2. The molecule has 3 nitrogen and oxygen atoms in total. The van der Waals surface area contributed by atoms with Crippen molar-refractivity contribution in [2.75, 3.05) is 19.6 Å². The Morgan fingerprint density at radius 3 is 2.69 bits per heavy atom. The molecule has 0 aromatic rings. The maximum atomic E-state index is 12.0. The number of carbonyl (C=O) groups is 1. The van der Waals surface area contributed by atoms with Crippen molar-refractivity contribution in [3.8, 4) is 0 Å². The molecule has 1 N–H and O–H groups in total. The van der Waals surface area contributed by atoms with Crippen molar-refractivity contribution in [2.45, 2.75) is 31.9 Å². The minimum atomic E-state index is -4.13. The third kappa shape index (κ3) is 5.34. The standard InChI is InChI=1S/C10H16F3NO2/c11-10(12,13)3-5-14-4-1-2-8(7-14)6-9(15)16/h8H,1-7H2,(H,15,16). The summed E-state index contributed by atoms with van der Waals surface area (Å²) in [6.07, 6.45) is -3.29. The lowest BCUT2D eigenvalue weighted by Gasteiger charge is -2.32. The van der Waals surface area contributed by atoms with Gasteiger partial charge in [0.2, 0.25) is 0 Å². The van der Waals surface area contributed by atoms with E-state index in [1.54, 1.807) is 4.90 Å². The molecular weight excluding hydrogens is 223 g/mol. The summed E-state index contributed by atoms with van der Waals surface area (Å²) in [5, 5.41) is 8.61. The molecule has 1 saturated heterocycles. The van der Waals surface area contributed by atoms with Crippen LogP contribution in [0.3, 0.4) is 0 Å². The quantitative estimate of drug-likeness (QED) is 0.817. The van der Waals surface area contributed by atoms with E-state index in [0.29, 0.717) is 13.1 Å². The first-order valence-corrected chi connectivity index (χ1v) is 5.38. The molecule has 0 aliphatic carbocycles. The molecule has 1 rings (SSSR count). The van der Waals surface area contributed by atoms with Crippen molar-refractivity contribution in [3.63, 3.8) is 0 Å². The van der Waals surface area contributed by atoms with E-state index in [1.807, 2.05) is 0 Å². The minimum absolute atomic E-state index is 0.000478. The number of rotatable bonds is 4. The first kappa shape index (κ1) is 13.3. The van der Waals surface area contributed by atoms with Gasteiger partial charge in [-0.05, 0) is 25.3 Å². The predicted octanol–water partition coefficient (Wildman–Crippen LogP) is 2.13. The van der Waals surface area contributed by atoms with Crippen LogP contribution in [0.2, 0.25) is 0 Å². The summed E-state index contributed by atoms with van der Waals surface area (Å²) in [4.78, 5) is 12.2. The molecule has 0 amide bonds. The van der Waals surface area contributed by atoms with Crippen molar-refractivity contribution in [2.24, 2.45) is 5.92 Å². The smallest absolute Gasteiger partial charge is 0.390 e. The summed E-state index contributed by atoms with van der Waals surface area (Å²) in [6, 6.07) is 0. The monoisotopic (exact) mass is 239 g/mol. The SMILES string of the molecule is O=C(O)CC1CCCN(CCC(F)(F)F)C1. The predicted molar refractivity (Wildman–Crippen MR) is 52.1 cm³/mol. The van der Waals surface area contributed by atoms with Gasteiger partial charge in [0, 0.05) is 19.5 Å². The summed E-state index contributed by atoms with van der Waals surface area (Å²) >= 11 is 0. The van der Waals surface area contributed by atoms with E-state index in [2.05, 4.69) is 0 Å². The summed E-state index contributed by atoms with van der Waals surface area (Å²) in [7, 11) is 0. The highest BCUT2D eigenvalue weighted by Gasteiger charge is 2.29. The second-order valence-electron chi connectivity index (χ2n) is 4.27. The van der Waals surface area contributed by atoms with Crippen molar-refractivity contribution < 1.29 is 23.1 Å². The Morgan fingerprint density at radius 2 is 2.12 bits per heavy atom. The van der Waals surface area contributed by atoms with Gasteiger partial charge in [-0.2, -0.15) is 13.2 Å². The number of nitrogens with zero attached hydrogens (tertiary/aromatic N) is 1. The van der Waals surface area contributed by atoms with Crippen LogP contribution in [-0.2, 0) is 4.79 Å². The lowest BCUT2D eigenvalue weighted by atomic mass is 9.95. The van der Waals surface area contributed by atoms with E-state index in [9.17, 15) is 18.0 Å². The van der Waals surface area contributed by atoms with Crippen LogP contribution in [0.15, 0.2) is 0 Å². The number of piperidine rings is 1. The average Bonchev–Trinajstić information content (AvgIpc) is 2.13. The number of likely N-dealkylation sites (tertiary alicyclic amines) is 1. The topological polar surface area (TPSA) is 40.5 Å². The van der Waals surface area contributed by atoms with Gasteiger partial charge in [0.15, 0.2) is 0 Å². The molecule has 0 saturated carbocycles. The Labute approximate surface area is 92.2 Å². The molecule has 0 aromatic heterocycles. The fourth-order valence-electron chi connectivity index (χ4n) is 2.05. The van der Waals surface area contributed by atoms with Crippen LogP contribution < -0.4 is 0 Å². The molecule has 0 aromatic carbocycles. The number of alkyl halides is 3. The normalized spacial score (nSPS) is 23.3. The van der Waals surface area contributed by atoms with Gasteiger partial charge in [0.05, 0.1) is 6.42 Å². The van der Waals surface area contributed by atoms with Crippen LogP contribution in [0.5, 0.6) is 0 Å². The Hall–Kier alpha value is -0.780. The van der Waals surface area contributed by atoms with E-state index >= 15 is 0 Å². The second-order valence-corrected chi connectivity index (χ2v) is 4.27. The molecule has 16 heavy (non-hydrogen) atoms. The van der Waals surface area contributed by atoms with E-state index < -0.39 is 18.6 Å². The highest BCUT2D eigenvalue weighted by Crippen LogP contribution is 2.23. The Bertz CT molecular complexity index is 243. The van der Waals surface area contributed by atoms with E-state index in [0.717, 1.165) is 12.8 Å². The third-order valence-corrected chi connectivity index (χ3v) is 2.78. The maximum Gasteiger partial charge on any atom is 0.390 e. The Kier molecular flexibility index (Phi) is 4.58. The maximum absolute atomic E-state index is 12.0. The van der Waals surface area contributed by atoms with Gasteiger partial charge in [0.1, 0.15) is 0 Å². The first-order valence-electron chi connectivity index (χ1n) is 5.38. The van der Waals surface area contributed by atoms with Gasteiger partial charge >= 0.3 is 12.1 Å². The molecule has 0 spiro atoms. The van der Waals surface area contributed by atoms with Gasteiger partial charge < -0.3 is 10.0 Å². The average molecular weight is 239 g/mol. The Morgan fingerprint density at radius 1 is 1.44 bits per heavy atom.